The van der Waals surface area contributed by atoms with Crippen molar-refractivity contribution >= 4 is 11.7 Å². The maximum absolute atomic E-state index is 9.04. The Morgan fingerprint density at radius 2 is 2.15 bits per heavy atom. The van der Waals surface area contributed by atoms with Gasteiger partial charge < -0.3 is 15.8 Å². The molecule has 0 saturated carbocycles. The van der Waals surface area contributed by atoms with Crippen LogP contribution in [0.4, 0.5) is 5.82 Å². The maximum atomic E-state index is 9.04. The van der Waals surface area contributed by atoms with Crippen molar-refractivity contribution in [2.24, 2.45) is 16.8 Å². The highest BCUT2D eigenvalue weighted by Crippen LogP contribution is 2.31. The Balaban J connectivity index is 2.54. The average Bonchev–Trinajstić information content (AvgIpc) is 2.40. The predicted octanol–water partition coefficient (Wildman–Crippen LogP) is 2.42. The van der Waals surface area contributed by atoms with Gasteiger partial charge in [0.25, 0.3) is 0 Å². The molecule has 110 valence electrons. The van der Waals surface area contributed by atoms with E-state index < -0.39 is 0 Å². The van der Waals surface area contributed by atoms with E-state index in [2.05, 4.69) is 28.9 Å². The number of amidine groups is 1. The van der Waals surface area contributed by atoms with Crippen molar-refractivity contribution in [2.75, 3.05) is 11.4 Å². The highest BCUT2D eigenvalue weighted by molar-refractivity contribution is 6.02. The molecular weight excluding hydrogens is 252 g/mol. The summed E-state index contributed by atoms with van der Waals surface area (Å²) in [5.41, 5.74) is 8.56. The van der Waals surface area contributed by atoms with Crippen LogP contribution in [0.2, 0.25) is 0 Å². The summed E-state index contributed by atoms with van der Waals surface area (Å²) < 4.78 is 0. The summed E-state index contributed by atoms with van der Waals surface area (Å²) in [7, 11) is 0. The number of anilines is 1. The summed E-state index contributed by atoms with van der Waals surface area (Å²) in [5.74, 6) is 1.60. The standard InChI is InChI=1S/C15H24N4O/c1-9-6-5-7-19(12(9)4)15-13(14(16)18-20)10(2)8-11(3)17-15/h8-9,12,20H,5-7H2,1-4H3,(H2,16,18). The lowest BCUT2D eigenvalue weighted by Crippen LogP contribution is -2.44. The smallest absolute Gasteiger partial charge is 0.174 e. The zero-order chi connectivity index (χ0) is 14.9. The molecule has 1 saturated heterocycles. The van der Waals surface area contributed by atoms with Crippen LogP contribution in [-0.2, 0) is 0 Å². The van der Waals surface area contributed by atoms with E-state index in [0.717, 1.165) is 35.6 Å². The summed E-state index contributed by atoms with van der Waals surface area (Å²) in [6, 6.07) is 2.37. The van der Waals surface area contributed by atoms with Crippen molar-refractivity contribution < 1.29 is 5.21 Å². The van der Waals surface area contributed by atoms with Gasteiger partial charge in [-0.15, -0.1) is 0 Å². The number of hydrogen-bond acceptors (Lipinski definition) is 4. The number of piperidine rings is 1. The van der Waals surface area contributed by atoms with E-state index in [1.165, 1.54) is 6.42 Å². The SMILES string of the molecule is Cc1cc(C)c(C(N)=NO)c(N2CCCC(C)C2C)n1. The Labute approximate surface area is 120 Å². The molecule has 2 unspecified atom stereocenters. The Morgan fingerprint density at radius 3 is 2.80 bits per heavy atom. The number of pyridine rings is 1. The first-order valence-corrected chi connectivity index (χ1v) is 7.18. The second-order valence-corrected chi connectivity index (χ2v) is 5.82. The molecule has 0 aromatic carbocycles. The van der Waals surface area contributed by atoms with Crippen LogP contribution in [-0.4, -0.2) is 28.6 Å². The van der Waals surface area contributed by atoms with Gasteiger partial charge in [-0.2, -0.15) is 0 Å². The fourth-order valence-electron chi connectivity index (χ4n) is 3.03. The van der Waals surface area contributed by atoms with Crippen LogP contribution < -0.4 is 10.6 Å². The minimum absolute atomic E-state index is 0.135. The van der Waals surface area contributed by atoms with Crippen LogP contribution in [0.5, 0.6) is 0 Å². The minimum atomic E-state index is 0.135. The molecule has 1 fully saturated rings. The largest absolute Gasteiger partial charge is 0.409 e. The zero-order valence-electron chi connectivity index (χ0n) is 12.7. The Hall–Kier alpha value is -1.78. The fraction of sp³-hybridized carbons (Fsp3) is 0.600. The van der Waals surface area contributed by atoms with Crippen LogP contribution in [0.25, 0.3) is 0 Å². The first kappa shape index (κ1) is 14.6. The first-order valence-electron chi connectivity index (χ1n) is 7.18. The Morgan fingerprint density at radius 1 is 1.45 bits per heavy atom. The van der Waals surface area contributed by atoms with E-state index in [4.69, 9.17) is 10.9 Å². The van der Waals surface area contributed by atoms with Crippen LogP contribution in [0, 0.1) is 19.8 Å². The van der Waals surface area contributed by atoms with E-state index in [1.54, 1.807) is 0 Å². The van der Waals surface area contributed by atoms with Gasteiger partial charge in [0.2, 0.25) is 0 Å². The lowest BCUT2D eigenvalue weighted by molar-refractivity contribution is 0.318. The van der Waals surface area contributed by atoms with Gasteiger partial charge in [-0.25, -0.2) is 4.98 Å². The topological polar surface area (TPSA) is 74.7 Å². The monoisotopic (exact) mass is 276 g/mol. The zero-order valence-corrected chi connectivity index (χ0v) is 12.7. The third kappa shape index (κ3) is 2.57. The van der Waals surface area contributed by atoms with Gasteiger partial charge >= 0.3 is 0 Å². The Kier molecular flexibility index (Phi) is 4.16. The molecule has 5 heteroatoms. The van der Waals surface area contributed by atoms with Gasteiger partial charge in [0.1, 0.15) is 5.82 Å². The molecule has 3 N–H and O–H groups in total. The molecule has 20 heavy (non-hydrogen) atoms. The van der Waals surface area contributed by atoms with Crippen molar-refractivity contribution in [3.8, 4) is 0 Å². The third-order valence-electron chi connectivity index (χ3n) is 4.34. The Bertz CT molecular complexity index is 527. The van der Waals surface area contributed by atoms with Gasteiger partial charge in [-0.05, 0) is 51.2 Å². The molecule has 5 nitrogen and oxygen atoms in total. The highest BCUT2D eigenvalue weighted by atomic mass is 16.4. The summed E-state index contributed by atoms with van der Waals surface area (Å²) >= 11 is 0. The second kappa shape index (κ2) is 5.69. The fourth-order valence-corrected chi connectivity index (χ4v) is 3.03. The van der Waals surface area contributed by atoms with Crippen molar-refractivity contribution in [1.29, 1.82) is 0 Å². The van der Waals surface area contributed by atoms with E-state index >= 15 is 0 Å². The van der Waals surface area contributed by atoms with E-state index in [1.807, 2.05) is 19.9 Å². The number of nitrogens with zero attached hydrogens (tertiary/aromatic N) is 3. The van der Waals surface area contributed by atoms with Gasteiger partial charge in [0.15, 0.2) is 5.84 Å². The molecule has 0 radical (unpaired) electrons. The number of oxime groups is 1. The normalized spacial score (nSPS) is 24.0. The van der Waals surface area contributed by atoms with Gasteiger partial charge in [-0.1, -0.05) is 12.1 Å². The number of aromatic nitrogens is 1. The summed E-state index contributed by atoms with van der Waals surface area (Å²) in [4.78, 5) is 6.96. The van der Waals surface area contributed by atoms with Crippen LogP contribution in [0.3, 0.4) is 0 Å². The lowest BCUT2D eigenvalue weighted by atomic mass is 9.91. The number of rotatable bonds is 2. The highest BCUT2D eigenvalue weighted by Gasteiger charge is 2.28. The average molecular weight is 276 g/mol. The van der Waals surface area contributed by atoms with Crippen LogP contribution in [0.1, 0.15) is 43.5 Å². The molecule has 0 aliphatic carbocycles. The van der Waals surface area contributed by atoms with Gasteiger partial charge in [0, 0.05) is 18.3 Å². The molecule has 0 amide bonds. The van der Waals surface area contributed by atoms with E-state index in [-0.39, 0.29) is 5.84 Å². The molecule has 1 aliphatic heterocycles. The summed E-state index contributed by atoms with van der Waals surface area (Å²) in [6.07, 6.45) is 2.39. The van der Waals surface area contributed by atoms with Crippen molar-refractivity contribution in [3.63, 3.8) is 0 Å². The third-order valence-corrected chi connectivity index (χ3v) is 4.34. The lowest BCUT2D eigenvalue weighted by Gasteiger charge is -2.40. The van der Waals surface area contributed by atoms with Crippen molar-refractivity contribution in [1.82, 2.24) is 4.98 Å². The summed E-state index contributed by atoms with van der Waals surface area (Å²) in [5, 5.41) is 12.2. The molecule has 1 aromatic heterocycles. The van der Waals surface area contributed by atoms with Crippen molar-refractivity contribution in [2.45, 2.75) is 46.6 Å². The molecular formula is C15H24N4O. The predicted molar refractivity (Wildman–Crippen MR) is 81.4 cm³/mol. The molecule has 0 spiro atoms. The summed E-state index contributed by atoms with van der Waals surface area (Å²) in [6.45, 7) is 9.41. The molecule has 2 atom stereocenters. The molecule has 1 aliphatic rings. The van der Waals surface area contributed by atoms with Gasteiger partial charge in [0.05, 0.1) is 5.56 Å². The number of aryl methyl sites for hydroxylation is 2. The number of nitrogens with two attached hydrogens (primary N) is 1. The van der Waals surface area contributed by atoms with Crippen LogP contribution in [0.15, 0.2) is 11.2 Å². The molecule has 0 bridgehead atoms. The molecule has 1 aromatic rings. The maximum Gasteiger partial charge on any atom is 0.174 e. The number of hydrogen-bond donors (Lipinski definition) is 2. The van der Waals surface area contributed by atoms with Gasteiger partial charge in [-0.3, -0.25) is 0 Å². The van der Waals surface area contributed by atoms with E-state index in [9.17, 15) is 0 Å². The van der Waals surface area contributed by atoms with Crippen LogP contribution >= 0.6 is 0 Å². The second-order valence-electron chi connectivity index (χ2n) is 5.82. The molecule has 2 heterocycles. The van der Waals surface area contributed by atoms with E-state index in [0.29, 0.717) is 12.0 Å². The first-order chi connectivity index (χ1) is 9.45. The quantitative estimate of drug-likeness (QED) is 0.376. The minimum Gasteiger partial charge on any atom is -0.409 e. The van der Waals surface area contributed by atoms with Crippen molar-refractivity contribution in [3.05, 3.63) is 22.9 Å². The molecule has 2 rings (SSSR count).